The van der Waals surface area contributed by atoms with Gasteiger partial charge in [0.15, 0.2) is 0 Å². The van der Waals surface area contributed by atoms with Crippen LogP contribution in [0.15, 0.2) is 76.3 Å². The first-order valence-corrected chi connectivity index (χ1v) is 11.4. The van der Waals surface area contributed by atoms with Crippen LogP contribution in [0.25, 0.3) is 10.8 Å². The van der Waals surface area contributed by atoms with E-state index in [1.165, 1.54) is 22.7 Å². The van der Waals surface area contributed by atoms with Crippen molar-refractivity contribution in [3.8, 4) is 0 Å². The fraction of sp³-hybridized carbons (Fsp3) is 0.0500. The van der Waals surface area contributed by atoms with Crippen LogP contribution >= 0.6 is 22.7 Å². The summed E-state index contributed by atoms with van der Waals surface area (Å²) in [7, 11) is -3.67. The number of ketones is 1. The van der Waals surface area contributed by atoms with Gasteiger partial charge in [0.25, 0.3) is 0 Å². The van der Waals surface area contributed by atoms with Crippen LogP contribution in [0.3, 0.4) is 0 Å². The maximum Gasteiger partial charge on any atom is 0.241 e. The van der Waals surface area contributed by atoms with Crippen molar-refractivity contribution >= 4 is 49.3 Å². The highest BCUT2D eigenvalue weighted by Crippen LogP contribution is 2.24. The summed E-state index contributed by atoms with van der Waals surface area (Å²) in [4.78, 5) is 14.0. The summed E-state index contributed by atoms with van der Waals surface area (Å²) in [6, 6.07) is 17.9. The fourth-order valence-electron chi connectivity index (χ4n) is 2.80. The summed E-state index contributed by atoms with van der Waals surface area (Å²) >= 11 is 2.78. The lowest BCUT2D eigenvalue weighted by Gasteiger charge is -2.09. The molecular weight excluding hydrogens is 398 g/mol. The third kappa shape index (κ3) is 3.72. The quantitative estimate of drug-likeness (QED) is 0.467. The molecule has 2 heterocycles. The zero-order valence-electron chi connectivity index (χ0n) is 14.1. The van der Waals surface area contributed by atoms with Gasteiger partial charge in [0.05, 0.1) is 9.77 Å². The predicted octanol–water partition coefficient (Wildman–Crippen LogP) is 4.67. The Kier molecular flexibility index (Phi) is 4.92. The number of carbonyl (C=O) groups excluding carboxylic acids is 1. The summed E-state index contributed by atoms with van der Waals surface area (Å²) < 4.78 is 28.2. The van der Waals surface area contributed by atoms with Crippen LogP contribution in [0, 0.1) is 0 Å². The average molecular weight is 414 g/mol. The van der Waals surface area contributed by atoms with E-state index in [1.54, 1.807) is 36.4 Å². The van der Waals surface area contributed by atoms with Crippen molar-refractivity contribution in [3.63, 3.8) is 0 Å². The lowest BCUT2D eigenvalue weighted by molar-refractivity contribution is 0.104. The smallest absolute Gasteiger partial charge is 0.241 e. The van der Waals surface area contributed by atoms with Crippen LogP contribution in [0.2, 0.25) is 0 Å². The normalized spacial score (nSPS) is 11.7. The highest BCUT2D eigenvalue weighted by Gasteiger charge is 2.18. The molecule has 0 radical (unpaired) electrons. The second kappa shape index (κ2) is 7.36. The monoisotopic (exact) mass is 413 g/mol. The molecule has 0 saturated carbocycles. The van der Waals surface area contributed by atoms with Gasteiger partial charge in [-0.25, -0.2) is 13.1 Å². The van der Waals surface area contributed by atoms with E-state index in [-0.39, 0.29) is 17.2 Å². The molecule has 2 aromatic carbocycles. The van der Waals surface area contributed by atoms with Crippen molar-refractivity contribution in [3.05, 3.63) is 86.7 Å². The molecule has 0 unspecified atom stereocenters. The van der Waals surface area contributed by atoms with Gasteiger partial charge < -0.3 is 0 Å². The van der Waals surface area contributed by atoms with E-state index in [2.05, 4.69) is 4.72 Å². The lowest BCUT2D eigenvalue weighted by Crippen LogP contribution is -2.23. The Morgan fingerprint density at radius 2 is 1.78 bits per heavy atom. The standard InChI is InChI=1S/C20H15NO3S3/c22-20(15-10-11-25-13-15)18-9-8-16(26-18)12-21-27(23,24)19-7-3-5-14-4-1-2-6-17(14)19/h1-11,13,21H,12H2. The Hall–Kier alpha value is -2.32. The fourth-order valence-corrected chi connectivity index (χ4v) is 5.68. The van der Waals surface area contributed by atoms with E-state index in [9.17, 15) is 13.2 Å². The molecular formula is C20H15NO3S3. The van der Waals surface area contributed by atoms with Gasteiger partial charge in [0, 0.05) is 27.8 Å². The SMILES string of the molecule is O=C(c1ccsc1)c1ccc(CNS(=O)(=O)c2cccc3ccccc23)s1. The molecule has 0 amide bonds. The molecule has 4 nitrogen and oxygen atoms in total. The third-order valence-electron chi connectivity index (χ3n) is 4.14. The number of sulfonamides is 1. The van der Waals surface area contributed by atoms with E-state index in [0.29, 0.717) is 15.8 Å². The highest BCUT2D eigenvalue weighted by atomic mass is 32.2. The van der Waals surface area contributed by atoms with Crippen LogP contribution in [-0.4, -0.2) is 14.2 Å². The maximum atomic E-state index is 12.8. The molecule has 1 N–H and O–H groups in total. The van der Waals surface area contributed by atoms with E-state index in [1.807, 2.05) is 35.0 Å². The molecule has 136 valence electrons. The minimum atomic E-state index is -3.67. The highest BCUT2D eigenvalue weighted by molar-refractivity contribution is 7.89. The van der Waals surface area contributed by atoms with Crippen LogP contribution in [-0.2, 0) is 16.6 Å². The molecule has 7 heteroatoms. The average Bonchev–Trinajstić information content (AvgIpc) is 3.37. The zero-order chi connectivity index (χ0) is 18.9. The molecule has 4 rings (SSSR count). The number of hydrogen-bond donors (Lipinski definition) is 1. The molecule has 0 fully saturated rings. The number of fused-ring (bicyclic) bond motifs is 1. The number of thiophene rings is 2. The number of carbonyl (C=O) groups is 1. The molecule has 0 aliphatic carbocycles. The van der Waals surface area contributed by atoms with Gasteiger partial charge in [0.1, 0.15) is 0 Å². The Morgan fingerprint density at radius 1 is 0.963 bits per heavy atom. The van der Waals surface area contributed by atoms with Crippen molar-refractivity contribution in [2.45, 2.75) is 11.4 Å². The first-order valence-electron chi connectivity index (χ1n) is 8.18. The number of nitrogens with one attached hydrogen (secondary N) is 1. The van der Waals surface area contributed by atoms with Gasteiger partial charge in [0.2, 0.25) is 15.8 Å². The Balaban J connectivity index is 1.54. The van der Waals surface area contributed by atoms with E-state index < -0.39 is 10.0 Å². The number of rotatable bonds is 6. The van der Waals surface area contributed by atoms with Gasteiger partial charge in [-0.05, 0) is 35.0 Å². The Morgan fingerprint density at radius 3 is 2.59 bits per heavy atom. The summed E-state index contributed by atoms with van der Waals surface area (Å²) in [5.74, 6) is -0.0376. The first-order chi connectivity index (χ1) is 13.0. The molecule has 0 aliphatic heterocycles. The molecule has 0 aliphatic rings. The van der Waals surface area contributed by atoms with Crippen LogP contribution < -0.4 is 4.72 Å². The molecule has 4 aromatic rings. The maximum absolute atomic E-state index is 12.8. The van der Waals surface area contributed by atoms with Crippen LogP contribution in [0.5, 0.6) is 0 Å². The summed E-state index contributed by atoms with van der Waals surface area (Å²) in [6.07, 6.45) is 0. The van der Waals surface area contributed by atoms with Crippen LogP contribution in [0.1, 0.15) is 20.1 Å². The third-order valence-corrected chi connectivity index (χ3v) is 7.37. The number of benzene rings is 2. The molecule has 0 atom stereocenters. The number of hydrogen-bond acceptors (Lipinski definition) is 5. The zero-order valence-corrected chi connectivity index (χ0v) is 16.5. The molecule has 27 heavy (non-hydrogen) atoms. The van der Waals surface area contributed by atoms with Gasteiger partial charge in [-0.1, -0.05) is 36.4 Å². The van der Waals surface area contributed by atoms with Gasteiger partial charge in [-0.2, -0.15) is 11.3 Å². The first kappa shape index (κ1) is 18.1. The largest absolute Gasteiger partial charge is 0.288 e. The van der Waals surface area contributed by atoms with Crippen molar-refractivity contribution in [2.24, 2.45) is 0 Å². The van der Waals surface area contributed by atoms with Crippen molar-refractivity contribution in [2.75, 3.05) is 0 Å². The minimum absolute atomic E-state index is 0.0376. The van der Waals surface area contributed by atoms with Crippen LogP contribution in [0.4, 0.5) is 0 Å². The van der Waals surface area contributed by atoms with Gasteiger partial charge in [-0.15, -0.1) is 11.3 Å². The molecule has 2 aromatic heterocycles. The van der Waals surface area contributed by atoms with E-state index >= 15 is 0 Å². The molecule has 0 spiro atoms. The molecule has 0 saturated heterocycles. The minimum Gasteiger partial charge on any atom is -0.288 e. The van der Waals surface area contributed by atoms with E-state index in [4.69, 9.17) is 0 Å². The summed E-state index contributed by atoms with van der Waals surface area (Å²) in [5, 5.41) is 5.23. The topological polar surface area (TPSA) is 63.2 Å². The summed E-state index contributed by atoms with van der Waals surface area (Å²) in [6.45, 7) is 0.146. The van der Waals surface area contributed by atoms with Crippen molar-refractivity contribution < 1.29 is 13.2 Å². The van der Waals surface area contributed by atoms with E-state index in [0.717, 1.165) is 10.3 Å². The van der Waals surface area contributed by atoms with Crippen molar-refractivity contribution in [1.82, 2.24) is 4.72 Å². The van der Waals surface area contributed by atoms with Crippen molar-refractivity contribution in [1.29, 1.82) is 0 Å². The Bertz CT molecular complexity index is 1200. The van der Waals surface area contributed by atoms with Gasteiger partial charge >= 0.3 is 0 Å². The lowest BCUT2D eigenvalue weighted by atomic mass is 10.1. The van der Waals surface area contributed by atoms with Gasteiger partial charge in [-0.3, -0.25) is 4.79 Å². The predicted molar refractivity (Wildman–Crippen MR) is 110 cm³/mol. The summed E-state index contributed by atoms with van der Waals surface area (Å²) in [5.41, 5.74) is 0.657. The second-order valence-electron chi connectivity index (χ2n) is 5.91. The second-order valence-corrected chi connectivity index (χ2v) is 9.59. The molecule has 0 bridgehead atoms. The Labute approximate surface area is 165 Å².